The Morgan fingerprint density at radius 3 is 2.58 bits per heavy atom. The second kappa shape index (κ2) is 6.16. The Morgan fingerprint density at radius 2 is 1.83 bits per heavy atom. The molecule has 0 N–H and O–H groups in total. The molecule has 1 aliphatic heterocycles. The zero-order valence-corrected chi connectivity index (χ0v) is 15.5. The van der Waals surface area contributed by atoms with Gasteiger partial charge in [-0.3, -0.25) is 0 Å². The van der Waals surface area contributed by atoms with Crippen molar-refractivity contribution in [1.82, 2.24) is 19.8 Å². The van der Waals surface area contributed by atoms with E-state index in [1.807, 2.05) is 23.6 Å². The SMILES string of the molecule is Cc1cc(C2CCN(c3ccc4nnc(C)n4n3)CC2)ccc1Br. The van der Waals surface area contributed by atoms with Crippen LogP contribution in [0.5, 0.6) is 0 Å². The van der Waals surface area contributed by atoms with Crippen LogP contribution in [0.25, 0.3) is 5.65 Å². The van der Waals surface area contributed by atoms with E-state index in [1.54, 1.807) is 0 Å². The largest absolute Gasteiger partial charge is 0.355 e. The summed E-state index contributed by atoms with van der Waals surface area (Å²) < 4.78 is 3.00. The summed E-state index contributed by atoms with van der Waals surface area (Å²) >= 11 is 3.59. The fourth-order valence-corrected chi connectivity index (χ4v) is 3.67. The predicted molar refractivity (Wildman–Crippen MR) is 98.6 cm³/mol. The molecule has 5 nitrogen and oxygen atoms in total. The molecule has 0 spiro atoms. The van der Waals surface area contributed by atoms with Gasteiger partial charge in [-0.2, -0.15) is 4.52 Å². The Kier molecular flexibility index (Phi) is 4.00. The number of fused-ring (bicyclic) bond motifs is 1. The van der Waals surface area contributed by atoms with Gasteiger partial charge in [0.1, 0.15) is 5.82 Å². The molecule has 0 aliphatic carbocycles. The van der Waals surface area contributed by atoms with Crippen molar-refractivity contribution in [2.24, 2.45) is 0 Å². The van der Waals surface area contributed by atoms with Gasteiger partial charge in [-0.05, 0) is 61.9 Å². The predicted octanol–water partition coefficient (Wildman–Crippen LogP) is 3.89. The molecule has 0 unspecified atom stereocenters. The summed E-state index contributed by atoms with van der Waals surface area (Å²) in [5.74, 6) is 2.47. The summed E-state index contributed by atoms with van der Waals surface area (Å²) in [6, 6.07) is 10.8. The van der Waals surface area contributed by atoms with Crippen molar-refractivity contribution in [3.05, 3.63) is 51.8 Å². The van der Waals surface area contributed by atoms with Crippen LogP contribution in [-0.2, 0) is 0 Å². The van der Waals surface area contributed by atoms with Crippen LogP contribution in [0.4, 0.5) is 5.82 Å². The lowest BCUT2D eigenvalue weighted by molar-refractivity contribution is 0.500. The monoisotopic (exact) mass is 385 g/mol. The number of nitrogens with zero attached hydrogens (tertiary/aromatic N) is 5. The number of halogens is 1. The van der Waals surface area contributed by atoms with Crippen LogP contribution in [0.3, 0.4) is 0 Å². The van der Waals surface area contributed by atoms with Crippen LogP contribution in [0, 0.1) is 13.8 Å². The minimum absolute atomic E-state index is 0.633. The second-order valence-electron chi connectivity index (χ2n) is 6.48. The van der Waals surface area contributed by atoms with Crippen molar-refractivity contribution in [1.29, 1.82) is 0 Å². The number of hydrogen-bond donors (Lipinski definition) is 0. The van der Waals surface area contributed by atoms with Gasteiger partial charge in [-0.15, -0.1) is 15.3 Å². The average Bonchev–Trinajstić information content (AvgIpc) is 2.98. The molecular weight excluding hydrogens is 366 g/mol. The number of aryl methyl sites for hydroxylation is 2. The molecule has 0 bridgehead atoms. The molecule has 1 saturated heterocycles. The van der Waals surface area contributed by atoms with Crippen molar-refractivity contribution >= 4 is 27.4 Å². The van der Waals surface area contributed by atoms with Gasteiger partial charge < -0.3 is 4.90 Å². The van der Waals surface area contributed by atoms with E-state index in [-0.39, 0.29) is 0 Å². The van der Waals surface area contributed by atoms with E-state index in [2.05, 4.69) is 56.2 Å². The van der Waals surface area contributed by atoms with Crippen molar-refractivity contribution in [2.75, 3.05) is 18.0 Å². The van der Waals surface area contributed by atoms with Gasteiger partial charge in [-0.25, -0.2) is 0 Å². The molecule has 1 fully saturated rings. The van der Waals surface area contributed by atoms with Crippen molar-refractivity contribution < 1.29 is 0 Å². The highest BCUT2D eigenvalue weighted by atomic mass is 79.9. The third kappa shape index (κ3) is 2.79. The quantitative estimate of drug-likeness (QED) is 0.671. The van der Waals surface area contributed by atoms with Gasteiger partial charge >= 0.3 is 0 Å². The number of piperidine rings is 1. The molecule has 24 heavy (non-hydrogen) atoms. The summed E-state index contributed by atoms with van der Waals surface area (Å²) in [5.41, 5.74) is 3.56. The van der Waals surface area contributed by atoms with Crippen molar-refractivity contribution in [3.63, 3.8) is 0 Å². The molecule has 0 saturated carbocycles. The molecule has 0 amide bonds. The van der Waals surface area contributed by atoms with Crippen LogP contribution in [0.1, 0.15) is 35.7 Å². The maximum absolute atomic E-state index is 4.69. The van der Waals surface area contributed by atoms with E-state index in [0.29, 0.717) is 5.92 Å². The minimum atomic E-state index is 0.633. The first-order chi connectivity index (χ1) is 11.6. The Hall–Kier alpha value is -1.95. The highest BCUT2D eigenvalue weighted by Gasteiger charge is 2.22. The minimum Gasteiger partial charge on any atom is -0.355 e. The molecule has 1 aromatic carbocycles. The lowest BCUT2D eigenvalue weighted by atomic mass is 9.89. The number of aromatic nitrogens is 4. The van der Waals surface area contributed by atoms with Crippen molar-refractivity contribution in [2.45, 2.75) is 32.6 Å². The Bertz CT molecular complexity index is 880. The summed E-state index contributed by atoms with van der Waals surface area (Å²) in [5, 5.41) is 12.9. The Labute approximate surface area is 149 Å². The smallest absolute Gasteiger partial charge is 0.178 e. The number of rotatable bonds is 2. The fraction of sp³-hybridized carbons (Fsp3) is 0.389. The highest BCUT2D eigenvalue weighted by Crippen LogP contribution is 2.31. The van der Waals surface area contributed by atoms with Crippen LogP contribution >= 0.6 is 15.9 Å². The summed E-state index contributed by atoms with van der Waals surface area (Å²) in [6.07, 6.45) is 2.31. The Morgan fingerprint density at radius 1 is 1.04 bits per heavy atom. The molecule has 6 heteroatoms. The normalized spacial score (nSPS) is 16.0. The summed E-state index contributed by atoms with van der Waals surface area (Å²) in [6.45, 7) is 6.14. The van der Waals surface area contributed by atoms with Crippen LogP contribution in [0.2, 0.25) is 0 Å². The molecule has 1 aliphatic rings. The van der Waals surface area contributed by atoms with Gasteiger partial charge in [0, 0.05) is 17.6 Å². The maximum Gasteiger partial charge on any atom is 0.178 e. The fourth-order valence-electron chi connectivity index (χ4n) is 3.42. The molecule has 3 heterocycles. The van der Waals surface area contributed by atoms with E-state index < -0.39 is 0 Å². The molecular formula is C18H20BrN5. The van der Waals surface area contributed by atoms with E-state index in [4.69, 9.17) is 5.10 Å². The highest BCUT2D eigenvalue weighted by molar-refractivity contribution is 9.10. The third-order valence-electron chi connectivity index (χ3n) is 4.88. The number of benzene rings is 1. The summed E-state index contributed by atoms with van der Waals surface area (Å²) in [7, 11) is 0. The van der Waals surface area contributed by atoms with Crippen molar-refractivity contribution in [3.8, 4) is 0 Å². The Balaban J connectivity index is 1.50. The zero-order valence-electron chi connectivity index (χ0n) is 13.9. The second-order valence-corrected chi connectivity index (χ2v) is 7.33. The standard InChI is InChI=1S/C18H20BrN5/c1-12-11-15(3-4-16(12)19)14-7-9-23(10-8-14)18-6-5-17-21-20-13(2)24(17)22-18/h3-6,11,14H,7-10H2,1-2H3. The van der Waals surface area contributed by atoms with Gasteiger partial charge in [0.05, 0.1) is 0 Å². The van der Waals surface area contributed by atoms with Crippen LogP contribution in [-0.4, -0.2) is 32.9 Å². The van der Waals surface area contributed by atoms with E-state index >= 15 is 0 Å². The van der Waals surface area contributed by atoms with Gasteiger partial charge in [-0.1, -0.05) is 28.1 Å². The number of hydrogen-bond acceptors (Lipinski definition) is 4. The lowest BCUT2D eigenvalue weighted by Gasteiger charge is -2.33. The van der Waals surface area contributed by atoms with E-state index in [1.165, 1.54) is 15.6 Å². The van der Waals surface area contributed by atoms with Crippen LogP contribution < -0.4 is 4.90 Å². The summed E-state index contributed by atoms with van der Waals surface area (Å²) in [4.78, 5) is 2.36. The molecule has 2 aromatic heterocycles. The molecule has 3 aromatic rings. The first-order valence-corrected chi connectivity index (χ1v) is 9.11. The van der Waals surface area contributed by atoms with Gasteiger partial charge in [0.15, 0.2) is 11.5 Å². The first-order valence-electron chi connectivity index (χ1n) is 8.32. The average molecular weight is 386 g/mol. The third-order valence-corrected chi connectivity index (χ3v) is 5.77. The topological polar surface area (TPSA) is 46.3 Å². The molecule has 4 rings (SSSR count). The van der Waals surface area contributed by atoms with Gasteiger partial charge in [0.2, 0.25) is 0 Å². The lowest BCUT2D eigenvalue weighted by Crippen LogP contribution is -2.33. The maximum atomic E-state index is 4.69. The van der Waals surface area contributed by atoms with Gasteiger partial charge in [0.25, 0.3) is 0 Å². The molecule has 0 radical (unpaired) electrons. The molecule has 124 valence electrons. The zero-order chi connectivity index (χ0) is 16.7. The van der Waals surface area contributed by atoms with E-state index in [0.717, 1.165) is 43.2 Å². The number of anilines is 1. The molecule has 0 atom stereocenters. The van der Waals surface area contributed by atoms with E-state index in [9.17, 15) is 0 Å². The first kappa shape index (κ1) is 15.6. The van der Waals surface area contributed by atoms with Crippen LogP contribution in [0.15, 0.2) is 34.8 Å².